The number of benzene rings is 3. The van der Waals surface area contributed by atoms with E-state index in [2.05, 4.69) is 5.32 Å². The topological polar surface area (TPSA) is 72.5 Å². The number of amides is 1. The van der Waals surface area contributed by atoms with Gasteiger partial charge in [-0.25, -0.2) is 4.79 Å². The van der Waals surface area contributed by atoms with E-state index in [-0.39, 0.29) is 16.9 Å². The number of nitrogens with one attached hydrogen (secondary N) is 1. The number of esters is 1. The van der Waals surface area contributed by atoms with Crippen molar-refractivity contribution < 1.29 is 19.1 Å². The standard InChI is InChI=1S/C22H16ClNO4/c23-16-9-6-10-17(13-16)24-20(25)14-28-22(27)19-12-5-4-11-18(19)21(26)15-7-2-1-3-8-15/h1-13H,14H2,(H,24,25). The van der Waals surface area contributed by atoms with E-state index in [1.165, 1.54) is 6.07 Å². The lowest BCUT2D eigenvalue weighted by molar-refractivity contribution is -0.119. The van der Waals surface area contributed by atoms with Gasteiger partial charge in [-0.15, -0.1) is 0 Å². The molecule has 3 aromatic carbocycles. The molecule has 1 N–H and O–H groups in total. The van der Waals surface area contributed by atoms with E-state index < -0.39 is 18.5 Å². The Morgan fingerprint density at radius 3 is 2.21 bits per heavy atom. The van der Waals surface area contributed by atoms with Crippen molar-refractivity contribution in [3.8, 4) is 0 Å². The van der Waals surface area contributed by atoms with Crippen LogP contribution in [-0.4, -0.2) is 24.3 Å². The van der Waals surface area contributed by atoms with Crippen molar-refractivity contribution in [2.75, 3.05) is 11.9 Å². The van der Waals surface area contributed by atoms with Gasteiger partial charge in [0, 0.05) is 21.8 Å². The van der Waals surface area contributed by atoms with Gasteiger partial charge in [0.05, 0.1) is 5.56 Å². The highest BCUT2D eigenvalue weighted by Crippen LogP contribution is 2.17. The van der Waals surface area contributed by atoms with Crippen LogP contribution in [0.5, 0.6) is 0 Å². The highest BCUT2D eigenvalue weighted by molar-refractivity contribution is 6.30. The van der Waals surface area contributed by atoms with E-state index in [0.717, 1.165) is 0 Å². The van der Waals surface area contributed by atoms with Crippen molar-refractivity contribution in [1.29, 1.82) is 0 Å². The molecular weight excluding hydrogens is 378 g/mol. The molecule has 0 heterocycles. The monoisotopic (exact) mass is 393 g/mol. The fourth-order valence-electron chi connectivity index (χ4n) is 2.58. The summed E-state index contributed by atoms with van der Waals surface area (Å²) in [6.45, 7) is -0.487. The largest absolute Gasteiger partial charge is 0.452 e. The van der Waals surface area contributed by atoms with Crippen LogP contribution in [0.1, 0.15) is 26.3 Å². The molecule has 0 unspecified atom stereocenters. The molecule has 0 atom stereocenters. The summed E-state index contributed by atoms with van der Waals surface area (Å²) in [5, 5.41) is 3.06. The number of carbonyl (C=O) groups is 3. The third-order valence-electron chi connectivity index (χ3n) is 3.87. The summed E-state index contributed by atoms with van der Waals surface area (Å²) >= 11 is 5.86. The molecule has 0 fully saturated rings. The van der Waals surface area contributed by atoms with Gasteiger partial charge >= 0.3 is 5.97 Å². The van der Waals surface area contributed by atoms with Gasteiger partial charge in [0.15, 0.2) is 12.4 Å². The molecule has 140 valence electrons. The highest BCUT2D eigenvalue weighted by atomic mass is 35.5. The average molecular weight is 394 g/mol. The van der Waals surface area contributed by atoms with Crippen molar-refractivity contribution in [2.45, 2.75) is 0 Å². The second-order valence-electron chi connectivity index (χ2n) is 5.88. The normalized spacial score (nSPS) is 10.2. The number of carbonyl (C=O) groups excluding carboxylic acids is 3. The molecule has 0 saturated carbocycles. The van der Waals surface area contributed by atoms with Crippen molar-refractivity contribution in [3.63, 3.8) is 0 Å². The number of anilines is 1. The quantitative estimate of drug-likeness (QED) is 0.498. The minimum absolute atomic E-state index is 0.104. The second-order valence-corrected chi connectivity index (χ2v) is 6.31. The van der Waals surface area contributed by atoms with Gasteiger partial charge in [0.2, 0.25) is 0 Å². The van der Waals surface area contributed by atoms with Gasteiger partial charge < -0.3 is 10.1 Å². The van der Waals surface area contributed by atoms with Crippen LogP contribution in [0.25, 0.3) is 0 Å². The Labute approximate surface area is 166 Å². The average Bonchev–Trinajstić information content (AvgIpc) is 2.72. The lowest BCUT2D eigenvalue weighted by atomic mass is 9.98. The van der Waals surface area contributed by atoms with E-state index >= 15 is 0 Å². The summed E-state index contributed by atoms with van der Waals surface area (Å²) in [6.07, 6.45) is 0. The van der Waals surface area contributed by atoms with Gasteiger partial charge in [-0.2, -0.15) is 0 Å². The molecule has 28 heavy (non-hydrogen) atoms. The Morgan fingerprint density at radius 1 is 0.821 bits per heavy atom. The predicted octanol–water partition coefficient (Wildman–Crippen LogP) is 4.37. The van der Waals surface area contributed by atoms with Crippen molar-refractivity contribution in [3.05, 3.63) is 101 Å². The van der Waals surface area contributed by atoms with Crippen LogP contribution in [0.15, 0.2) is 78.9 Å². The van der Waals surface area contributed by atoms with Crippen LogP contribution in [0.4, 0.5) is 5.69 Å². The first-order valence-electron chi connectivity index (χ1n) is 8.46. The maximum atomic E-state index is 12.7. The number of hydrogen-bond acceptors (Lipinski definition) is 4. The summed E-state index contributed by atoms with van der Waals surface area (Å²) in [5.74, 6) is -1.56. The van der Waals surface area contributed by atoms with Crippen LogP contribution in [0, 0.1) is 0 Å². The summed E-state index contributed by atoms with van der Waals surface area (Å²) in [4.78, 5) is 37.1. The highest BCUT2D eigenvalue weighted by Gasteiger charge is 2.19. The zero-order chi connectivity index (χ0) is 19.9. The van der Waals surface area contributed by atoms with Gasteiger partial charge in [-0.3, -0.25) is 9.59 Å². The molecule has 5 nitrogen and oxygen atoms in total. The lowest BCUT2D eigenvalue weighted by Gasteiger charge is -2.10. The van der Waals surface area contributed by atoms with Gasteiger partial charge in [-0.05, 0) is 24.3 Å². The predicted molar refractivity (Wildman–Crippen MR) is 107 cm³/mol. The molecular formula is C22H16ClNO4. The van der Waals surface area contributed by atoms with Gasteiger partial charge in [0.1, 0.15) is 0 Å². The zero-order valence-corrected chi connectivity index (χ0v) is 15.5. The number of hydrogen-bond donors (Lipinski definition) is 1. The summed E-state index contributed by atoms with van der Waals surface area (Å²) in [6, 6.07) is 21.6. The molecule has 0 aromatic heterocycles. The first kappa shape index (κ1) is 19.3. The third-order valence-corrected chi connectivity index (χ3v) is 4.11. The SMILES string of the molecule is O=C(COC(=O)c1ccccc1C(=O)c1ccccc1)Nc1cccc(Cl)c1. The molecule has 3 rings (SSSR count). The molecule has 6 heteroatoms. The fraction of sp³-hybridized carbons (Fsp3) is 0.0455. The van der Waals surface area contributed by atoms with Gasteiger partial charge in [-0.1, -0.05) is 66.2 Å². The minimum atomic E-state index is -0.749. The van der Waals surface area contributed by atoms with E-state index in [0.29, 0.717) is 16.3 Å². The second kappa shape index (κ2) is 8.97. The summed E-state index contributed by atoms with van der Waals surface area (Å²) in [5.41, 5.74) is 1.27. The maximum absolute atomic E-state index is 12.7. The Hall–Kier alpha value is -3.44. The molecule has 0 aliphatic carbocycles. The van der Waals surface area contributed by atoms with Gasteiger partial charge in [0.25, 0.3) is 5.91 Å². The number of ketones is 1. The Morgan fingerprint density at radius 2 is 1.50 bits per heavy atom. The molecule has 0 bridgehead atoms. The van der Waals surface area contributed by atoms with E-state index in [1.807, 2.05) is 0 Å². The molecule has 1 amide bonds. The van der Waals surface area contributed by atoms with Crippen molar-refractivity contribution in [2.24, 2.45) is 0 Å². The van der Waals surface area contributed by atoms with E-state index in [1.54, 1.807) is 72.8 Å². The Bertz CT molecular complexity index is 1020. The lowest BCUT2D eigenvalue weighted by Crippen LogP contribution is -2.22. The van der Waals surface area contributed by atoms with Crippen molar-refractivity contribution >= 4 is 34.9 Å². The van der Waals surface area contributed by atoms with Crippen LogP contribution in [0.2, 0.25) is 5.02 Å². The fourth-order valence-corrected chi connectivity index (χ4v) is 2.77. The Balaban J connectivity index is 1.68. The van der Waals surface area contributed by atoms with E-state index in [9.17, 15) is 14.4 Å². The number of rotatable bonds is 6. The molecule has 0 aliphatic rings. The molecule has 0 saturated heterocycles. The number of halogens is 1. The summed E-state index contributed by atoms with van der Waals surface area (Å²) < 4.78 is 5.08. The Kier molecular flexibility index (Phi) is 6.19. The van der Waals surface area contributed by atoms with Crippen molar-refractivity contribution in [1.82, 2.24) is 0 Å². The first-order valence-corrected chi connectivity index (χ1v) is 8.84. The third kappa shape index (κ3) is 4.84. The molecule has 0 aliphatic heterocycles. The van der Waals surface area contributed by atoms with Crippen LogP contribution in [-0.2, 0) is 9.53 Å². The number of ether oxygens (including phenoxy) is 1. The molecule has 0 spiro atoms. The first-order chi connectivity index (χ1) is 13.5. The zero-order valence-electron chi connectivity index (χ0n) is 14.7. The smallest absolute Gasteiger partial charge is 0.339 e. The molecule has 3 aromatic rings. The maximum Gasteiger partial charge on any atom is 0.339 e. The van der Waals surface area contributed by atoms with Crippen LogP contribution in [0.3, 0.4) is 0 Å². The van der Waals surface area contributed by atoms with E-state index in [4.69, 9.17) is 16.3 Å². The van der Waals surface area contributed by atoms with Crippen LogP contribution < -0.4 is 5.32 Å². The van der Waals surface area contributed by atoms with Crippen LogP contribution >= 0.6 is 11.6 Å². The molecule has 0 radical (unpaired) electrons. The summed E-state index contributed by atoms with van der Waals surface area (Å²) in [7, 11) is 0. The minimum Gasteiger partial charge on any atom is -0.452 e.